The smallest absolute Gasteiger partial charge is 0.0520 e. The van der Waals surface area contributed by atoms with E-state index in [0.29, 0.717) is 0 Å². The molecule has 2 aromatic heterocycles. The zero-order valence-electron chi connectivity index (χ0n) is 15.7. The lowest BCUT2D eigenvalue weighted by Crippen LogP contribution is -2.09. The maximum Gasteiger partial charge on any atom is 0.0520 e. The van der Waals surface area contributed by atoms with Crippen LogP contribution in [-0.4, -0.2) is 0 Å². The van der Waals surface area contributed by atoms with Gasteiger partial charge < -0.3 is 4.90 Å². The van der Waals surface area contributed by atoms with Gasteiger partial charge in [-0.15, -0.1) is 22.7 Å². The molecule has 3 aromatic carbocycles. The van der Waals surface area contributed by atoms with Gasteiger partial charge in [0.1, 0.15) is 0 Å². The van der Waals surface area contributed by atoms with Crippen LogP contribution in [0, 0.1) is 0 Å². The molecule has 0 aliphatic rings. The van der Waals surface area contributed by atoms with E-state index in [9.17, 15) is 0 Å². The highest BCUT2D eigenvalue weighted by molar-refractivity contribution is 7.20. The lowest BCUT2D eigenvalue weighted by molar-refractivity contribution is 1.28. The molecule has 0 saturated heterocycles. The van der Waals surface area contributed by atoms with Gasteiger partial charge >= 0.3 is 0 Å². The largest absolute Gasteiger partial charge is 0.311 e. The SMILES string of the molecule is c1ccc(N(c2ccccc2)c2ccc(-c3ccsc3-c3cccs3)cc2)cc1. The summed E-state index contributed by atoms with van der Waals surface area (Å²) >= 11 is 3.60. The lowest BCUT2D eigenvalue weighted by Gasteiger charge is -2.25. The fourth-order valence-electron chi connectivity index (χ4n) is 3.53. The fraction of sp³-hybridized carbons (Fsp3) is 0. The molecule has 0 amide bonds. The number of nitrogens with zero attached hydrogens (tertiary/aromatic N) is 1. The van der Waals surface area contributed by atoms with E-state index in [2.05, 4.69) is 119 Å². The van der Waals surface area contributed by atoms with Gasteiger partial charge in [0.25, 0.3) is 0 Å². The van der Waals surface area contributed by atoms with Gasteiger partial charge in [-0.2, -0.15) is 0 Å². The van der Waals surface area contributed by atoms with Crippen LogP contribution in [0.3, 0.4) is 0 Å². The summed E-state index contributed by atoms with van der Waals surface area (Å²) in [5, 5.41) is 4.32. The molecule has 0 bridgehead atoms. The van der Waals surface area contributed by atoms with Gasteiger partial charge in [-0.1, -0.05) is 54.6 Å². The highest BCUT2D eigenvalue weighted by atomic mass is 32.1. The van der Waals surface area contributed by atoms with E-state index in [1.54, 1.807) is 22.7 Å². The highest BCUT2D eigenvalue weighted by Crippen LogP contribution is 2.40. The second-order valence-corrected chi connectivity index (χ2v) is 8.56. The van der Waals surface area contributed by atoms with Crippen LogP contribution in [0.1, 0.15) is 0 Å². The molecule has 0 unspecified atom stereocenters. The standard InChI is InChI=1S/C26H19NS2/c1-3-8-21(9-4-1)27(22-10-5-2-6-11-22)23-15-13-20(14-16-23)24-17-19-29-26(24)25-12-7-18-28-25/h1-19H. The number of anilines is 3. The summed E-state index contributed by atoms with van der Waals surface area (Å²) in [4.78, 5) is 4.96. The number of hydrogen-bond donors (Lipinski definition) is 0. The van der Waals surface area contributed by atoms with Crippen LogP contribution in [0.4, 0.5) is 17.1 Å². The van der Waals surface area contributed by atoms with E-state index in [4.69, 9.17) is 0 Å². The van der Waals surface area contributed by atoms with Gasteiger partial charge in [0.05, 0.1) is 4.88 Å². The summed E-state index contributed by atoms with van der Waals surface area (Å²) < 4.78 is 0. The third-order valence-corrected chi connectivity index (χ3v) is 6.84. The van der Waals surface area contributed by atoms with Crippen molar-refractivity contribution in [1.29, 1.82) is 0 Å². The fourth-order valence-corrected chi connectivity index (χ4v) is 5.33. The van der Waals surface area contributed by atoms with Crippen LogP contribution in [0.25, 0.3) is 20.9 Å². The average Bonchev–Trinajstić information content (AvgIpc) is 3.48. The normalized spacial score (nSPS) is 10.8. The Labute approximate surface area is 179 Å². The molecule has 5 rings (SSSR count). The molecule has 0 fully saturated rings. The molecule has 0 N–H and O–H groups in total. The molecule has 140 valence electrons. The van der Waals surface area contributed by atoms with Crippen molar-refractivity contribution < 1.29 is 0 Å². The quantitative estimate of drug-likeness (QED) is 0.281. The predicted molar refractivity (Wildman–Crippen MR) is 128 cm³/mol. The summed E-state index contributed by atoms with van der Waals surface area (Å²) in [5.41, 5.74) is 6.01. The Morgan fingerprint density at radius 2 is 1.10 bits per heavy atom. The first kappa shape index (κ1) is 17.9. The van der Waals surface area contributed by atoms with Crippen LogP contribution in [-0.2, 0) is 0 Å². The Bertz CT molecular complexity index is 1140. The molecule has 0 spiro atoms. The Hall–Kier alpha value is -3.14. The number of benzene rings is 3. The van der Waals surface area contributed by atoms with Crippen molar-refractivity contribution >= 4 is 39.7 Å². The molecular formula is C26H19NS2. The monoisotopic (exact) mass is 409 g/mol. The average molecular weight is 410 g/mol. The van der Waals surface area contributed by atoms with E-state index < -0.39 is 0 Å². The predicted octanol–water partition coefficient (Wildman–Crippen LogP) is 8.61. The number of rotatable bonds is 5. The zero-order valence-corrected chi connectivity index (χ0v) is 17.4. The van der Waals surface area contributed by atoms with Crippen molar-refractivity contribution in [3.63, 3.8) is 0 Å². The minimum absolute atomic E-state index is 1.15. The summed E-state index contributed by atoms with van der Waals surface area (Å²) in [5.74, 6) is 0. The summed E-state index contributed by atoms with van der Waals surface area (Å²) in [6, 6.07) is 36.4. The van der Waals surface area contributed by atoms with Crippen molar-refractivity contribution in [2.75, 3.05) is 4.90 Å². The van der Waals surface area contributed by atoms with Gasteiger partial charge in [-0.05, 0) is 64.9 Å². The molecule has 5 aromatic rings. The lowest BCUT2D eigenvalue weighted by atomic mass is 10.0. The number of hydrogen-bond acceptors (Lipinski definition) is 3. The van der Waals surface area contributed by atoms with Crippen molar-refractivity contribution in [2.45, 2.75) is 0 Å². The minimum Gasteiger partial charge on any atom is -0.311 e. The first-order valence-electron chi connectivity index (χ1n) is 9.52. The third kappa shape index (κ3) is 3.63. The van der Waals surface area contributed by atoms with Crippen LogP contribution in [0.15, 0.2) is 114 Å². The van der Waals surface area contributed by atoms with Gasteiger partial charge in [-0.25, -0.2) is 0 Å². The molecule has 0 radical (unpaired) electrons. The van der Waals surface area contributed by atoms with Crippen molar-refractivity contribution in [3.05, 3.63) is 114 Å². The minimum atomic E-state index is 1.15. The van der Waals surface area contributed by atoms with Gasteiger partial charge in [-0.3, -0.25) is 0 Å². The molecule has 0 aliphatic heterocycles. The van der Waals surface area contributed by atoms with Crippen LogP contribution >= 0.6 is 22.7 Å². The number of para-hydroxylation sites is 2. The second kappa shape index (κ2) is 8.08. The number of thiophene rings is 2. The Balaban J connectivity index is 1.54. The van der Waals surface area contributed by atoms with Gasteiger partial charge in [0.15, 0.2) is 0 Å². The van der Waals surface area contributed by atoms with Crippen molar-refractivity contribution in [1.82, 2.24) is 0 Å². The molecule has 1 nitrogen and oxygen atoms in total. The molecule has 0 saturated carbocycles. The highest BCUT2D eigenvalue weighted by Gasteiger charge is 2.14. The van der Waals surface area contributed by atoms with Crippen LogP contribution in [0.2, 0.25) is 0 Å². The first-order valence-corrected chi connectivity index (χ1v) is 11.3. The Morgan fingerprint density at radius 1 is 0.483 bits per heavy atom. The molecule has 3 heteroatoms. The third-order valence-electron chi connectivity index (χ3n) is 4.88. The zero-order chi connectivity index (χ0) is 19.5. The summed E-state index contributed by atoms with van der Waals surface area (Å²) in [6.45, 7) is 0. The molecule has 0 aliphatic carbocycles. The molecule has 0 atom stereocenters. The summed E-state index contributed by atoms with van der Waals surface area (Å²) in [7, 11) is 0. The van der Waals surface area contributed by atoms with Crippen LogP contribution in [0.5, 0.6) is 0 Å². The van der Waals surface area contributed by atoms with E-state index in [0.717, 1.165) is 17.1 Å². The van der Waals surface area contributed by atoms with Gasteiger partial charge in [0.2, 0.25) is 0 Å². The Morgan fingerprint density at radius 3 is 1.69 bits per heavy atom. The van der Waals surface area contributed by atoms with Crippen molar-refractivity contribution in [2.24, 2.45) is 0 Å². The topological polar surface area (TPSA) is 3.24 Å². The van der Waals surface area contributed by atoms with E-state index in [1.165, 1.54) is 20.9 Å². The van der Waals surface area contributed by atoms with E-state index in [-0.39, 0.29) is 0 Å². The van der Waals surface area contributed by atoms with Gasteiger partial charge in [0, 0.05) is 27.5 Å². The Kier molecular flexibility index (Phi) is 4.99. The maximum absolute atomic E-state index is 2.29. The molecule has 29 heavy (non-hydrogen) atoms. The van der Waals surface area contributed by atoms with E-state index >= 15 is 0 Å². The van der Waals surface area contributed by atoms with Crippen LogP contribution < -0.4 is 4.90 Å². The first-order chi connectivity index (χ1) is 14.4. The maximum atomic E-state index is 2.29. The van der Waals surface area contributed by atoms with E-state index in [1.807, 2.05) is 0 Å². The summed E-state index contributed by atoms with van der Waals surface area (Å²) in [6.07, 6.45) is 0. The second-order valence-electron chi connectivity index (χ2n) is 6.69. The van der Waals surface area contributed by atoms with Crippen molar-refractivity contribution in [3.8, 4) is 20.9 Å². The molecule has 2 heterocycles. The molecular weight excluding hydrogens is 390 g/mol.